The van der Waals surface area contributed by atoms with E-state index in [0.29, 0.717) is 5.41 Å². The van der Waals surface area contributed by atoms with E-state index in [-0.39, 0.29) is 0 Å². The van der Waals surface area contributed by atoms with Crippen LogP contribution in [0.3, 0.4) is 0 Å². The molecule has 0 spiro atoms. The van der Waals surface area contributed by atoms with Crippen molar-refractivity contribution in [3.63, 3.8) is 0 Å². The molecule has 0 aliphatic carbocycles. The van der Waals surface area contributed by atoms with E-state index in [2.05, 4.69) is 52.0 Å². The van der Waals surface area contributed by atoms with Crippen LogP contribution in [0.1, 0.15) is 76.8 Å². The number of rotatable bonds is 8. The highest BCUT2D eigenvalue weighted by molar-refractivity contribution is 5.36. The van der Waals surface area contributed by atoms with Crippen LogP contribution >= 0.6 is 0 Å². The smallest absolute Gasteiger partial charge is 0.00444 e. The van der Waals surface area contributed by atoms with Gasteiger partial charge in [-0.1, -0.05) is 70.7 Å². The predicted octanol–water partition coefficient (Wildman–Crippen LogP) is 5.90. The first-order chi connectivity index (χ1) is 8.70. The minimum Gasteiger partial charge on any atom is -0.0654 e. The highest BCUT2D eigenvalue weighted by Crippen LogP contribution is 2.40. The van der Waals surface area contributed by atoms with Gasteiger partial charge in [0, 0.05) is 0 Å². The number of unbranched alkanes of at least 4 members (excludes halogenated alkanes) is 1. The van der Waals surface area contributed by atoms with Crippen LogP contribution < -0.4 is 0 Å². The van der Waals surface area contributed by atoms with Gasteiger partial charge in [0.1, 0.15) is 0 Å². The van der Waals surface area contributed by atoms with E-state index >= 15 is 0 Å². The van der Waals surface area contributed by atoms with Crippen molar-refractivity contribution in [3.8, 4) is 0 Å². The number of hydrogen-bond acceptors (Lipinski definition) is 0. The van der Waals surface area contributed by atoms with Gasteiger partial charge in [-0.2, -0.15) is 0 Å². The van der Waals surface area contributed by atoms with Gasteiger partial charge in [-0.3, -0.25) is 0 Å². The molecular weight excluding hydrogens is 216 g/mol. The van der Waals surface area contributed by atoms with Crippen LogP contribution in [-0.4, -0.2) is 0 Å². The van der Waals surface area contributed by atoms with Gasteiger partial charge in [-0.25, -0.2) is 0 Å². The first kappa shape index (κ1) is 15.3. The molecule has 0 saturated heterocycles. The van der Waals surface area contributed by atoms with Gasteiger partial charge in [-0.05, 0) is 42.7 Å². The highest BCUT2D eigenvalue weighted by atomic mass is 14.3. The van der Waals surface area contributed by atoms with Crippen LogP contribution in [0.15, 0.2) is 24.3 Å². The third kappa shape index (κ3) is 3.60. The lowest BCUT2D eigenvalue weighted by molar-refractivity contribution is 0.320. The molecule has 0 unspecified atom stereocenters. The summed E-state index contributed by atoms with van der Waals surface area (Å²) < 4.78 is 0. The second-order valence-corrected chi connectivity index (χ2v) is 5.54. The average Bonchev–Trinajstić information content (AvgIpc) is 2.37. The molecule has 0 aromatic heterocycles. The Bertz CT molecular complexity index is 332. The minimum absolute atomic E-state index is 0.373. The van der Waals surface area contributed by atoms with Gasteiger partial charge in [-0.15, -0.1) is 0 Å². The van der Waals surface area contributed by atoms with E-state index in [9.17, 15) is 0 Å². The molecule has 0 heteroatoms. The van der Waals surface area contributed by atoms with Gasteiger partial charge in [0.2, 0.25) is 0 Å². The zero-order chi connectivity index (χ0) is 13.4. The molecule has 0 bridgehead atoms. The Morgan fingerprint density at radius 1 is 0.889 bits per heavy atom. The number of hydrogen-bond donors (Lipinski definition) is 0. The lowest BCUT2D eigenvalue weighted by atomic mass is 9.69. The maximum atomic E-state index is 4.26. The van der Waals surface area contributed by atoms with E-state index in [1.54, 1.807) is 0 Å². The molecule has 18 heavy (non-hydrogen) atoms. The Morgan fingerprint density at radius 2 is 1.50 bits per heavy atom. The van der Waals surface area contributed by atoms with Gasteiger partial charge in [0.15, 0.2) is 0 Å². The topological polar surface area (TPSA) is 0 Å². The minimum atomic E-state index is 0.373. The molecule has 101 valence electrons. The van der Waals surface area contributed by atoms with Crippen LogP contribution in [-0.2, 0) is 5.41 Å². The molecule has 1 aromatic carbocycles. The van der Waals surface area contributed by atoms with Crippen LogP contribution in [0.2, 0.25) is 0 Å². The highest BCUT2D eigenvalue weighted by Gasteiger charge is 2.30. The van der Waals surface area contributed by atoms with Crippen molar-refractivity contribution in [1.29, 1.82) is 0 Å². The SMILES string of the molecule is [CH2]c1ccccc1C(CCC)(CCC)CCCC. The number of benzene rings is 1. The van der Waals surface area contributed by atoms with E-state index in [1.807, 2.05) is 0 Å². The summed E-state index contributed by atoms with van der Waals surface area (Å²) in [6.45, 7) is 11.2. The average molecular weight is 245 g/mol. The molecule has 1 radical (unpaired) electrons. The van der Waals surface area contributed by atoms with Crippen LogP contribution in [0.5, 0.6) is 0 Å². The van der Waals surface area contributed by atoms with Crippen molar-refractivity contribution < 1.29 is 0 Å². The van der Waals surface area contributed by atoms with E-state index in [4.69, 9.17) is 0 Å². The molecule has 0 aliphatic rings. The predicted molar refractivity (Wildman–Crippen MR) is 81.9 cm³/mol. The lowest BCUT2D eigenvalue weighted by Crippen LogP contribution is -2.27. The fourth-order valence-corrected chi connectivity index (χ4v) is 3.29. The summed E-state index contributed by atoms with van der Waals surface area (Å²) in [5.74, 6) is 0. The van der Waals surface area contributed by atoms with Crippen molar-refractivity contribution in [2.24, 2.45) is 0 Å². The third-order valence-electron chi connectivity index (χ3n) is 4.05. The maximum Gasteiger partial charge on any atom is -0.00444 e. The monoisotopic (exact) mass is 245 g/mol. The summed E-state index contributed by atoms with van der Waals surface area (Å²) in [4.78, 5) is 0. The molecular formula is C18H29. The van der Waals surface area contributed by atoms with Crippen LogP contribution in [0, 0.1) is 6.92 Å². The molecule has 1 rings (SSSR count). The summed E-state index contributed by atoms with van der Waals surface area (Å²) in [5, 5.41) is 0. The van der Waals surface area contributed by atoms with Crippen molar-refractivity contribution in [2.75, 3.05) is 0 Å². The lowest BCUT2D eigenvalue weighted by Gasteiger charge is -2.36. The molecule has 0 amide bonds. The van der Waals surface area contributed by atoms with E-state index < -0.39 is 0 Å². The molecule has 0 heterocycles. The summed E-state index contributed by atoms with van der Waals surface area (Å²) in [5.41, 5.74) is 3.11. The van der Waals surface area contributed by atoms with Crippen molar-refractivity contribution in [2.45, 2.75) is 71.1 Å². The molecule has 0 saturated carbocycles. The molecule has 0 N–H and O–H groups in total. The molecule has 0 nitrogen and oxygen atoms in total. The standard InChI is InChI=1S/C18H29/c1-5-8-15-18(13-6-2,14-7-3)17-12-10-9-11-16(17)4/h9-12H,4-8,13-15H2,1-3H3. The molecule has 0 atom stereocenters. The largest absolute Gasteiger partial charge is 0.0654 e. The first-order valence-electron chi connectivity index (χ1n) is 7.61. The van der Waals surface area contributed by atoms with Crippen molar-refractivity contribution >= 4 is 0 Å². The summed E-state index contributed by atoms with van der Waals surface area (Å²) in [6.07, 6.45) is 9.05. The Labute approximate surface area is 114 Å². The van der Waals surface area contributed by atoms with E-state index in [1.165, 1.54) is 56.1 Å². The summed E-state index contributed by atoms with van der Waals surface area (Å²) in [7, 11) is 0. The quantitative estimate of drug-likeness (QED) is 0.535. The zero-order valence-corrected chi connectivity index (χ0v) is 12.5. The zero-order valence-electron chi connectivity index (χ0n) is 12.5. The van der Waals surface area contributed by atoms with Crippen LogP contribution in [0.25, 0.3) is 0 Å². The fraction of sp³-hybridized carbons (Fsp3) is 0.611. The van der Waals surface area contributed by atoms with Gasteiger partial charge < -0.3 is 0 Å². The second-order valence-electron chi connectivity index (χ2n) is 5.54. The Morgan fingerprint density at radius 3 is 2.00 bits per heavy atom. The molecule has 0 aliphatic heterocycles. The normalized spacial score (nSPS) is 11.8. The third-order valence-corrected chi connectivity index (χ3v) is 4.05. The van der Waals surface area contributed by atoms with Crippen molar-refractivity contribution in [3.05, 3.63) is 42.3 Å². The van der Waals surface area contributed by atoms with Crippen LogP contribution in [0.4, 0.5) is 0 Å². The fourth-order valence-electron chi connectivity index (χ4n) is 3.29. The van der Waals surface area contributed by atoms with E-state index in [0.717, 1.165) is 0 Å². The first-order valence-corrected chi connectivity index (χ1v) is 7.61. The summed E-state index contributed by atoms with van der Waals surface area (Å²) >= 11 is 0. The maximum absolute atomic E-state index is 4.26. The van der Waals surface area contributed by atoms with Gasteiger partial charge >= 0.3 is 0 Å². The Kier molecular flexibility index (Phi) is 6.46. The molecule has 0 fully saturated rings. The Balaban J connectivity index is 3.10. The van der Waals surface area contributed by atoms with Gasteiger partial charge in [0.05, 0.1) is 0 Å². The van der Waals surface area contributed by atoms with Gasteiger partial charge in [0.25, 0.3) is 0 Å². The Hall–Kier alpha value is -0.780. The summed E-state index contributed by atoms with van der Waals surface area (Å²) in [6, 6.07) is 8.76. The molecule has 1 aromatic rings. The second kappa shape index (κ2) is 7.61. The van der Waals surface area contributed by atoms with Crippen molar-refractivity contribution in [1.82, 2.24) is 0 Å².